The molecule has 0 saturated heterocycles. The molecule has 0 aliphatic rings. The number of benzene rings is 2. The molecule has 0 spiro atoms. The van der Waals surface area contributed by atoms with Crippen molar-refractivity contribution in [1.82, 2.24) is 9.55 Å². The minimum Gasteiger partial charge on any atom is -0.508 e. The van der Waals surface area contributed by atoms with Gasteiger partial charge in [-0.2, -0.15) is 0 Å². The van der Waals surface area contributed by atoms with Gasteiger partial charge < -0.3 is 14.9 Å². The molecule has 0 fully saturated rings. The van der Waals surface area contributed by atoms with Gasteiger partial charge in [-0.1, -0.05) is 6.07 Å². The number of fused-ring (bicyclic) bond motifs is 1. The van der Waals surface area contributed by atoms with Gasteiger partial charge in [0, 0.05) is 12.1 Å². The number of ether oxygens (including phenoxy) is 1. The molecule has 0 saturated carbocycles. The zero-order valence-corrected chi connectivity index (χ0v) is 12.1. The Labute approximate surface area is 125 Å². The lowest BCUT2D eigenvalue weighted by molar-refractivity contribution is 0.374. The maximum atomic E-state index is 12.7. The van der Waals surface area contributed by atoms with Crippen LogP contribution in [0.2, 0.25) is 0 Å². The smallest absolute Gasteiger partial charge is 0.266 e. The lowest BCUT2D eigenvalue weighted by Gasteiger charge is -2.12. The van der Waals surface area contributed by atoms with Crippen molar-refractivity contribution < 1.29 is 14.9 Å². The largest absolute Gasteiger partial charge is 0.508 e. The van der Waals surface area contributed by atoms with Crippen LogP contribution in [-0.4, -0.2) is 26.9 Å². The first-order valence-corrected chi connectivity index (χ1v) is 6.61. The van der Waals surface area contributed by atoms with E-state index >= 15 is 0 Å². The molecule has 22 heavy (non-hydrogen) atoms. The topological polar surface area (TPSA) is 84.6 Å². The van der Waals surface area contributed by atoms with Gasteiger partial charge in [0.15, 0.2) is 11.5 Å². The van der Waals surface area contributed by atoms with Crippen molar-refractivity contribution in [2.75, 3.05) is 7.11 Å². The van der Waals surface area contributed by atoms with Crippen LogP contribution in [0, 0.1) is 6.92 Å². The normalized spacial score (nSPS) is 10.8. The summed E-state index contributed by atoms with van der Waals surface area (Å²) in [7, 11) is 1.41. The number of aromatic hydroxyl groups is 2. The molecule has 0 amide bonds. The maximum Gasteiger partial charge on any atom is 0.266 e. The summed E-state index contributed by atoms with van der Waals surface area (Å²) < 4.78 is 6.44. The van der Waals surface area contributed by atoms with Gasteiger partial charge in [-0.25, -0.2) is 4.98 Å². The van der Waals surface area contributed by atoms with Gasteiger partial charge in [-0.05, 0) is 25.1 Å². The van der Waals surface area contributed by atoms with Crippen LogP contribution in [0.15, 0.2) is 41.2 Å². The number of aromatic nitrogens is 2. The average Bonchev–Trinajstić information content (AvgIpc) is 2.47. The van der Waals surface area contributed by atoms with Gasteiger partial charge in [0.25, 0.3) is 5.56 Å². The molecular formula is C16H14N2O4. The number of phenols is 2. The summed E-state index contributed by atoms with van der Waals surface area (Å²) in [4.78, 5) is 17.1. The fourth-order valence-electron chi connectivity index (χ4n) is 2.41. The minimum absolute atomic E-state index is 0.0622. The lowest BCUT2D eigenvalue weighted by Crippen LogP contribution is -2.22. The second-order valence-electron chi connectivity index (χ2n) is 4.86. The van der Waals surface area contributed by atoms with Crippen LogP contribution in [0.25, 0.3) is 16.6 Å². The Hall–Kier alpha value is -3.02. The predicted octanol–water partition coefficient (Wildman–Crippen LogP) is 2.11. The molecule has 1 heterocycles. The van der Waals surface area contributed by atoms with E-state index in [1.54, 1.807) is 19.1 Å². The molecule has 0 aliphatic carbocycles. The fraction of sp³-hybridized carbons (Fsp3) is 0.125. The summed E-state index contributed by atoms with van der Waals surface area (Å²) in [5, 5.41) is 19.7. The van der Waals surface area contributed by atoms with Gasteiger partial charge in [-0.3, -0.25) is 9.36 Å². The van der Waals surface area contributed by atoms with Crippen LogP contribution < -0.4 is 10.3 Å². The van der Waals surface area contributed by atoms with E-state index < -0.39 is 0 Å². The number of nitrogens with zero attached hydrogens (tertiary/aromatic N) is 2. The average molecular weight is 298 g/mol. The Morgan fingerprint density at radius 1 is 1.18 bits per heavy atom. The number of phenolic OH excluding ortho intramolecular Hbond substituents is 2. The summed E-state index contributed by atoms with van der Waals surface area (Å²) in [6, 6.07) is 9.23. The predicted molar refractivity (Wildman–Crippen MR) is 82.0 cm³/mol. The van der Waals surface area contributed by atoms with Crippen LogP contribution in [-0.2, 0) is 0 Å². The number of hydrogen-bond acceptors (Lipinski definition) is 5. The summed E-state index contributed by atoms with van der Waals surface area (Å²) >= 11 is 0. The zero-order valence-electron chi connectivity index (χ0n) is 12.1. The third-order valence-corrected chi connectivity index (χ3v) is 3.42. The molecule has 0 radical (unpaired) electrons. The first-order valence-electron chi connectivity index (χ1n) is 6.61. The van der Waals surface area contributed by atoms with Crippen molar-refractivity contribution in [3.63, 3.8) is 0 Å². The Morgan fingerprint density at radius 3 is 2.64 bits per heavy atom. The Bertz CT molecular complexity index is 931. The number of aryl methyl sites for hydroxylation is 1. The quantitative estimate of drug-likeness (QED) is 0.757. The number of methoxy groups -OCH3 is 1. The Morgan fingerprint density at radius 2 is 1.95 bits per heavy atom. The minimum atomic E-state index is -0.300. The monoisotopic (exact) mass is 298 g/mol. The van der Waals surface area contributed by atoms with E-state index in [1.165, 1.54) is 35.9 Å². The van der Waals surface area contributed by atoms with Crippen LogP contribution >= 0.6 is 0 Å². The lowest BCUT2D eigenvalue weighted by atomic mass is 10.2. The molecule has 2 N–H and O–H groups in total. The Balaban J connectivity index is 2.37. The summed E-state index contributed by atoms with van der Waals surface area (Å²) in [5.74, 6) is 0.647. The van der Waals surface area contributed by atoms with Crippen LogP contribution in [0.3, 0.4) is 0 Å². The molecule has 0 atom stereocenters. The highest BCUT2D eigenvalue weighted by Crippen LogP contribution is 2.29. The van der Waals surface area contributed by atoms with E-state index in [2.05, 4.69) is 4.98 Å². The molecule has 0 aliphatic heterocycles. The van der Waals surface area contributed by atoms with E-state index in [0.29, 0.717) is 22.4 Å². The summed E-state index contributed by atoms with van der Waals surface area (Å²) in [6.07, 6.45) is 0. The summed E-state index contributed by atoms with van der Waals surface area (Å²) in [5.41, 5.74) is 0.604. The third kappa shape index (κ3) is 2.14. The molecule has 6 nitrogen and oxygen atoms in total. The van der Waals surface area contributed by atoms with Crippen LogP contribution in [0.1, 0.15) is 5.82 Å². The maximum absolute atomic E-state index is 12.7. The number of rotatable bonds is 2. The molecule has 112 valence electrons. The molecule has 3 aromatic rings. The molecule has 0 bridgehead atoms. The third-order valence-electron chi connectivity index (χ3n) is 3.42. The van der Waals surface area contributed by atoms with E-state index in [0.717, 1.165) is 0 Å². The first kappa shape index (κ1) is 13.9. The second-order valence-corrected chi connectivity index (χ2v) is 4.86. The molecule has 1 aromatic heterocycles. The van der Waals surface area contributed by atoms with Crippen molar-refractivity contribution in [1.29, 1.82) is 0 Å². The Kier molecular flexibility index (Phi) is 3.21. The van der Waals surface area contributed by atoms with Crippen molar-refractivity contribution in [3.05, 3.63) is 52.6 Å². The molecule has 3 rings (SSSR count). The van der Waals surface area contributed by atoms with Crippen molar-refractivity contribution in [2.45, 2.75) is 6.92 Å². The second kappa shape index (κ2) is 5.07. The standard InChI is InChI=1S/C16H14N2O4/c1-9-17-13-8-14(20)15(22-2)7-12(13)16(21)18(9)10-4-3-5-11(19)6-10/h3-8,19-20H,1-2H3. The van der Waals surface area contributed by atoms with E-state index in [1.807, 2.05) is 0 Å². The van der Waals surface area contributed by atoms with Gasteiger partial charge in [0.1, 0.15) is 11.6 Å². The SMILES string of the molecule is COc1cc2c(=O)n(-c3cccc(O)c3)c(C)nc2cc1O. The van der Waals surface area contributed by atoms with Crippen LogP contribution in [0.4, 0.5) is 0 Å². The molecular weight excluding hydrogens is 284 g/mol. The molecule has 0 unspecified atom stereocenters. The summed E-state index contributed by atoms with van der Waals surface area (Å²) in [6.45, 7) is 1.69. The van der Waals surface area contributed by atoms with Crippen molar-refractivity contribution >= 4 is 10.9 Å². The fourth-order valence-corrected chi connectivity index (χ4v) is 2.41. The highest BCUT2D eigenvalue weighted by atomic mass is 16.5. The van der Waals surface area contributed by atoms with E-state index in [9.17, 15) is 15.0 Å². The highest BCUT2D eigenvalue weighted by molar-refractivity contribution is 5.82. The van der Waals surface area contributed by atoms with Gasteiger partial charge in [0.2, 0.25) is 0 Å². The highest BCUT2D eigenvalue weighted by Gasteiger charge is 2.13. The number of hydrogen-bond donors (Lipinski definition) is 2. The molecule has 2 aromatic carbocycles. The van der Waals surface area contributed by atoms with E-state index in [-0.39, 0.29) is 22.8 Å². The van der Waals surface area contributed by atoms with Gasteiger partial charge in [-0.15, -0.1) is 0 Å². The van der Waals surface area contributed by atoms with Crippen molar-refractivity contribution in [3.8, 4) is 22.9 Å². The van der Waals surface area contributed by atoms with E-state index in [4.69, 9.17) is 4.74 Å². The first-order chi connectivity index (χ1) is 10.5. The van der Waals surface area contributed by atoms with Gasteiger partial charge >= 0.3 is 0 Å². The van der Waals surface area contributed by atoms with Crippen LogP contribution in [0.5, 0.6) is 17.2 Å². The van der Waals surface area contributed by atoms with Crippen molar-refractivity contribution in [2.24, 2.45) is 0 Å². The zero-order chi connectivity index (χ0) is 15.9. The van der Waals surface area contributed by atoms with Gasteiger partial charge in [0.05, 0.1) is 23.7 Å². The molecule has 6 heteroatoms.